The maximum Gasteiger partial charge on any atom is 0.336 e. The summed E-state index contributed by atoms with van der Waals surface area (Å²) in [5.41, 5.74) is 1.34. The summed E-state index contributed by atoms with van der Waals surface area (Å²) in [4.78, 5) is 27.7. The Morgan fingerprint density at radius 2 is 1.77 bits per heavy atom. The molecule has 22 heavy (non-hydrogen) atoms. The second-order valence-corrected chi connectivity index (χ2v) is 6.79. The lowest BCUT2D eigenvalue weighted by Gasteiger charge is -2.11. The molecule has 0 fully saturated rings. The van der Waals surface area contributed by atoms with E-state index in [1.165, 1.54) is 15.9 Å². The average Bonchev–Trinajstić information content (AvgIpc) is 2.94. The second kappa shape index (κ2) is 4.95. The molecule has 0 bridgehead atoms. The van der Waals surface area contributed by atoms with E-state index in [1.54, 1.807) is 35.1 Å². The molecule has 0 N–H and O–H groups in total. The zero-order valence-electron chi connectivity index (χ0n) is 12.3. The van der Waals surface area contributed by atoms with Crippen LogP contribution in [0.25, 0.3) is 15.9 Å². The molecule has 0 spiro atoms. The van der Waals surface area contributed by atoms with Gasteiger partial charge in [0.25, 0.3) is 5.56 Å². The van der Waals surface area contributed by atoms with Gasteiger partial charge in [-0.05, 0) is 43.4 Å². The van der Waals surface area contributed by atoms with Crippen LogP contribution < -0.4 is 11.2 Å². The molecule has 112 valence electrons. The van der Waals surface area contributed by atoms with Crippen molar-refractivity contribution >= 4 is 21.6 Å². The first-order chi connectivity index (χ1) is 10.7. The molecule has 3 aromatic rings. The summed E-state index contributed by atoms with van der Waals surface area (Å²) in [6.07, 6.45) is 4.25. The summed E-state index contributed by atoms with van der Waals surface area (Å²) in [6.45, 7) is 0. The first kappa shape index (κ1) is 13.5. The van der Waals surface area contributed by atoms with Crippen LogP contribution >= 0.6 is 11.3 Å². The summed E-state index contributed by atoms with van der Waals surface area (Å²) >= 11 is 1.61. The van der Waals surface area contributed by atoms with Crippen molar-refractivity contribution in [2.45, 2.75) is 25.7 Å². The highest BCUT2D eigenvalue weighted by atomic mass is 32.1. The van der Waals surface area contributed by atoms with Gasteiger partial charge in [0.05, 0.1) is 11.1 Å². The minimum Gasteiger partial charge on any atom is -0.287 e. The molecule has 1 aromatic carbocycles. The van der Waals surface area contributed by atoms with Gasteiger partial charge in [-0.2, -0.15) is 0 Å². The third kappa shape index (κ3) is 1.82. The van der Waals surface area contributed by atoms with Crippen LogP contribution in [0, 0.1) is 0 Å². The van der Waals surface area contributed by atoms with Crippen molar-refractivity contribution in [3.05, 3.63) is 61.6 Å². The van der Waals surface area contributed by atoms with E-state index in [0.29, 0.717) is 5.69 Å². The van der Waals surface area contributed by atoms with Crippen LogP contribution in [0.4, 0.5) is 0 Å². The van der Waals surface area contributed by atoms with E-state index in [9.17, 15) is 9.59 Å². The van der Waals surface area contributed by atoms with Crippen LogP contribution in [0.1, 0.15) is 23.3 Å². The SMILES string of the molecule is Cn1c(=O)n(-c2ccccc2)c(=O)c2c3c(sc21)CCCC3. The zero-order chi connectivity index (χ0) is 15.3. The standard InChI is InChI=1S/C17H16N2O2S/c1-18-16-14(12-9-5-6-10-13(12)22-16)15(20)19(17(18)21)11-7-3-2-4-8-11/h2-4,7-8H,5-6,9-10H2,1H3. The lowest BCUT2D eigenvalue weighted by molar-refractivity contribution is 0.698. The van der Waals surface area contributed by atoms with Gasteiger partial charge in [-0.1, -0.05) is 18.2 Å². The number of hydrogen-bond acceptors (Lipinski definition) is 3. The summed E-state index contributed by atoms with van der Waals surface area (Å²) in [7, 11) is 1.76. The number of hydrogen-bond donors (Lipinski definition) is 0. The van der Waals surface area contributed by atoms with Gasteiger partial charge in [0.15, 0.2) is 0 Å². The maximum atomic E-state index is 13.0. The summed E-state index contributed by atoms with van der Waals surface area (Å²) in [5.74, 6) is 0. The van der Waals surface area contributed by atoms with E-state index in [-0.39, 0.29) is 11.2 Å². The molecular weight excluding hydrogens is 296 g/mol. The molecular formula is C17H16N2O2S. The fourth-order valence-corrected chi connectivity index (χ4v) is 4.58. The molecule has 1 aliphatic rings. The van der Waals surface area contributed by atoms with E-state index in [0.717, 1.165) is 35.0 Å². The molecule has 1 aliphatic carbocycles. The zero-order valence-corrected chi connectivity index (χ0v) is 13.2. The molecule has 0 atom stereocenters. The number of aryl methyl sites for hydroxylation is 3. The predicted octanol–water partition coefficient (Wildman–Crippen LogP) is 2.63. The van der Waals surface area contributed by atoms with Gasteiger partial charge in [-0.3, -0.25) is 9.36 Å². The fraction of sp³-hybridized carbons (Fsp3) is 0.294. The first-order valence-electron chi connectivity index (χ1n) is 7.50. The average molecular weight is 312 g/mol. The normalized spacial score (nSPS) is 14.2. The Bertz CT molecular complexity index is 980. The lowest BCUT2D eigenvalue weighted by Crippen LogP contribution is -2.37. The lowest BCUT2D eigenvalue weighted by atomic mass is 9.97. The number of benzene rings is 1. The molecule has 4 rings (SSSR count). The van der Waals surface area contributed by atoms with E-state index in [1.807, 2.05) is 18.2 Å². The molecule has 2 aromatic heterocycles. The van der Waals surface area contributed by atoms with Crippen LogP contribution in [-0.4, -0.2) is 9.13 Å². The van der Waals surface area contributed by atoms with Crippen molar-refractivity contribution < 1.29 is 0 Å². The molecule has 5 heteroatoms. The van der Waals surface area contributed by atoms with Gasteiger partial charge in [0, 0.05) is 11.9 Å². The Kier molecular flexibility index (Phi) is 3.04. The van der Waals surface area contributed by atoms with Crippen molar-refractivity contribution in [3.8, 4) is 5.69 Å². The molecule has 2 heterocycles. The van der Waals surface area contributed by atoms with E-state index in [4.69, 9.17) is 0 Å². The number of thiophene rings is 1. The van der Waals surface area contributed by atoms with E-state index in [2.05, 4.69) is 0 Å². The Morgan fingerprint density at radius 1 is 1.05 bits per heavy atom. The Labute approximate surface area is 131 Å². The van der Waals surface area contributed by atoms with Crippen LogP contribution in [0.5, 0.6) is 0 Å². The van der Waals surface area contributed by atoms with Crippen molar-refractivity contribution in [3.63, 3.8) is 0 Å². The third-order valence-electron chi connectivity index (χ3n) is 4.37. The van der Waals surface area contributed by atoms with E-state index < -0.39 is 0 Å². The number of aromatic nitrogens is 2. The second-order valence-electron chi connectivity index (χ2n) is 5.71. The monoisotopic (exact) mass is 312 g/mol. The van der Waals surface area contributed by atoms with Gasteiger partial charge in [0.2, 0.25) is 0 Å². The highest BCUT2D eigenvalue weighted by Crippen LogP contribution is 2.33. The fourth-order valence-electron chi connectivity index (χ4n) is 3.25. The van der Waals surface area contributed by atoms with Crippen LogP contribution in [0.2, 0.25) is 0 Å². The van der Waals surface area contributed by atoms with Crippen LogP contribution in [-0.2, 0) is 19.9 Å². The molecule has 0 unspecified atom stereocenters. The Balaban J connectivity index is 2.16. The van der Waals surface area contributed by atoms with Gasteiger partial charge >= 0.3 is 5.69 Å². The van der Waals surface area contributed by atoms with Gasteiger partial charge < -0.3 is 0 Å². The van der Waals surface area contributed by atoms with Crippen LogP contribution in [0.3, 0.4) is 0 Å². The van der Waals surface area contributed by atoms with Gasteiger partial charge in [-0.25, -0.2) is 9.36 Å². The largest absolute Gasteiger partial charge is 0.336 e. The molecule has 4 nitrogen and oxygen atoms in total. The molecule has 0 saturated carbocycles. The summed E-state index contributed by atoms with van der Waals surface area (Å²) < 4.78 is 2.91. The van der Waals surface area contributed by atoms with Crippen molar-refractivity contribution in [2.75, 3.05) is 0 Å². The molecule has 0 amide bonds. The number of fused-ring (bicyclic) bond motifs is 3. The van der Waals surface area contributed by atoms with E-state index >= 15 is 0 Å². The van der Waals surface area contributed by atoms with Crippen LogP contribution in [0.15, 0.2) is 39.9 Å². The first-order valence-corrected chi connectivity index (χ1v) is 8.32. The Hall–Kier alpha value is -2.14. The smallest absolute Gasteiger partial charge is 0.287 e. The molecule has 0 aliphatic heterocycles. The number of nitrogens with zero attached hydrogens (tertiary/aromatic N) is 2. The number of para-hydroxylation sites is 1. The maximum absolute atomic E-state index is 13.0. The molecule has 0 saturated heterocycles. The minimum absolute atomic E-state index is 0.177. The predicted molar refractivity (Wildman–Crippen MR) is 89.3 cm³/mol. The number of rotatable bonds is 1. The van der Waals surface area contributed by atoms with Crippen molar-refractivity contribution in [2.24, 2.45) is 7.05 Å². The summed E-state index contributed by atoms with van der Waals surface area (Å²) in [5, 5.41) is 0.741. The topological polar surface area (TPSA) is 44.0 Å². The van der Waals surface area contributed by atoms with Gasteiger partial charge in [0.1, 0.15) is 4.83 Å². The molecule has 0 radical (unpaired) electrons. The third-order valence-corrected chi connectivity index (χ3v) is 5.74. The Morgan fingerprint density at radius 3 is 2.55 bits per heavy atom. The highest BCUT2D eigenvalue weighted by molar-refractivity contribution is 7.18. The van der Waals surface area contributed by atoms with Crippen molar-refractivity contribution in [1.82, 2.24) is 9.13 Å². The summed E-state index contributed by atoms with van der Waals surface area (Å²) in [6, 6.07) is 9.16. The van der Waals surface area contributed by atoms with Gasteiger partial charge in [-0.15, -0.1) is 11.3 Å². The quantitative estimate of drug-likeness (QED) is 0.693. The minimum atomic E-state index is -0.276. The van der Waals surface area contributed by atoms with Crippen molar-refractivity contribution in [1.29, 1.82) is 0 Å². The highest BCUT2D eigenvalue weighted by Gasteiger charge is 2.22.